The zero-order valence-electron chi connectivity index (χ0n) is 6.98. The smallest absolute Gasteiger partial charge is 0.179 e. The molecule has 0 aliphatic carbocycles. The summed E-state index contributed by atoms with van der Waals surface area (Å²) in [7, 11) is 0. The molecule has 11 heavy (non-hydrogen) atoms. The Balaban J connectivity index is 4.29. The summed E-state index contributed by atoms with van der Waals surface area (Å²) in [5.74, 6) is 0.0989. The van der Waals surface area contributed by atoms with Crippen molar-refractivity contribution in [3.63, 3.8) is 0 Å². The number of ketones is 1. The molecule has 0 saturated heterocycles. The Kier molecular flexibility index (Phi) is 5.18. The van der Waals surface area contributed by atoms with Crippen molar-refractivity contribution in [1.29, 1.82) is 0 Å². The highest BCUT2D eigenvalue weighted by Gasteiger charge is 2.12. The lowest BCUT2D eigenvalue weighted by Crippen LogP contribution is -2.11. The lowest BCUT2D eigenvalue weighted by atomic mass is 10.1. The van der Waals surface area contributed by atoms with Gasteiger partial charge in [0.05, 0.1) is 4.83 Å². The van der Waals surface area contributed by atoms with Crippen LogP contribution in [0.5, 0.6) is 0 Å². The molecule has 0 aliphatic rings. The summed E-state index contributed by atoms with van der Waals surface area (Å²) in [4.78, 5) is 11.2. The summed E-state index contributed by atoms with van der Waals surface area (Å²) in [6, 6.07) is 0. The van der Waals surface area contributed by atoms with Gasteiger partial charge in [-0.3, -0.25) is 4.79 Å². The van der Waals surface area contributed by atoms with Crippen LogP contribution in [0.2, 0.25) is 0 Å². The molecule has 2 heteroatoms. The number of hydrogen-bond acceptors (Lipinski definition) is 1. The van der Waals surface area contributed by atoms with Gasteiger partial charge in [0.25, 0.3) is 0 Å². The van der Waals surface area contributed by atoms with Crippen LogP contribution < -0.4 is 0 Å². The number of hydrogen-bond donors (Lipinski definition) is 0. The maximum Gasteiger partial charge on any atom is 0.179 e. The number of Topliss-reactive ketones (excluding diaryl/α,β-unsaturated/α-hetero) is 1. The highest BCUT2D eigenvalue weighted by Crippen LogP contribution is 2.11. The molecule has 0 heterocycles. The average molecular weight is 217 g/mol. The Bertz CT molecular complexity index is 188. The van der Waals surface area contributed by atoms with E-state index in [4.69, 9.17) is 0 Å². The fourth-order valence-electron chi connectivity index (χ4n) is 0.789. The summed E-state index contributed by atoms with van der Waals surface area (Å²) >= 11 is 3.21. The highest BCUT2D eigenvalue weighted by atomic mass is 79.9. The normalized spacial score (nSPS) is 11.9. The van der Waals surface area contributed by atoms with Gasteiger partial charge in [-0.15, -0.1) is 5.73 Å². The second-order valence-corrected chi connectivity index (χ2v) is 3.76. The second-order valence-electron chi connectivity index (χ2n) is 2.39. The Hall–Kier alpha value is -0.330. The molecular weight excluding hydrogens is 204 g/mol. The maximum absolute atomic E-state index is 11.3. The summed E-state index contributed by atoms with van der Waals surface area (Å²) < 4.78 is 0. The molecule has 0 saturated carbocycles. The van der Waals surface area contributed by atoms with Gasteiger partial charge in [-0.05, 0) is 13.3 Å². The first-order chi connectivity index (χ1) is 5.13. The minimum atomic E-state index is -0.113. The molecular formula is C9H13BrO. The van der Waals surface area contributed by atoms with Gasteiger partial charge < -0.3 is 0 Å². The molecule has 0 fully saturated rings. The summed E-state index contributed by atoms with van der Waals surface area (Å²) in [6.07, 6.45) is 1.74. The molecule has 0 aliphatic heterocycles. The second kappa shape index (κ2) is 5.34. The van der Waals surface area contributed by atoms with Gasteiger partial charge in [0.15, 0.2) is 5.78 Å². The number of rotatable bonds is 4. The minimum absolute atomic E-state index is 0.0989. The van der Waals surface area contributed by atoms with Crippen LogP contribution in [0.1, 0.15) is 26.7 Å². The van der Waals surface area contributed by atoms with E-state index < -0.39 is 0 Å². The molecule has 0 aromatic heterocycles. The van der Waals surface area contributed by atoms with Gasteiger partial charge in [0.1, 0.15) is 0 Å². The number of carbonyl (C=O) groups is 1. The van der Waals surface area contributed by atoms with Crippen LogP contribution in [0.4, 0.5) is 0 Å². The Labute approximate surface area is 76.3 Å². The third-order valence-electron chi connectivity index (χ3n) is 1.37. The zero-order valence-corrected chi connectivity index (χ0v) is 8.57. The van der Waals surface area contributed by atoms with E-state index in [-0.39, 0.29) is 10.6 Å². The molecule has 0 amide bonds. The van der Waals surface area contributed by atoms with E-state index in [0.29, 0.717) is 5.57 Å². The third kappa shape index (κ3) is 3.54. The third-order valence-corrected chi connectivity index (χ3v) is 1.79. The molecule has 0 radical (unpaired) electrons. The molecule has 62 valence electrons. The molecule has 0 spiro atoms. The molecule has 0 rings (SSSR count). The number of carbonyl (C=O) groups excluding carboxylic acids is 1. The van der Waals surface area contributed by atoms with Crippen LogP contribution in [-0.4, -0.2) is 10.6 Å². The first-order valence-electron chi connectivity index (χ1n) is 3.70. The minimum Gasteiger partial charge on any atom is -0.293 e. The average Bonchev–Trinajstić information content (AvgIpc) is 1.98. The first-order valence-corrected chi connectivity index (χ1v) is 4.62. The van der Waals surface area contributed by atoms with E-state index in [1.807, 2.05) is 13.8 Å². The molecule has 1 unspecified atom stereocenters. The lowest BCUT2D eigenvalue weighted by molar-refractivity contribution is -0.114. The Morgan fingerprint density at radius 1 is 1.73 bits per heavy atom. The fourth-order valence-corrected chi connectivity index (χ4v) is 1.07. The predicted molar refractivity (Wildman–Crippen MR) is 51.0 cm³/mol. The standard InChI is InChI=1S/C9H13BrO/c1-4-6-8(5-2)9(11)7(3)10/h7H,2,4,6H2,1,3H3. The zero-order chi connectivity index (χ0) is 8.85. The Morgan fingerprint density at radius 2 is 2.27 bits per heavy atom. The van der Waals surface area contributed by atoms with E-state index >= 15 is 0 Å². The molecule has 1 atom stereocenters. The van der Waals surface area contributed by atoms with Crippen LogP contribution in [0, 0.1) is 0 Å². The predicted octanol–water partition coefficient (Wildman–Crippen LogP) is 2.85. The number of allylic oxidation sites excluding steroid dienone is 1. The van der Waals surface area contributed by atoms with Gasteiger partial charge in [0.2, 0.25) is 0 Å². The van der Waals surface area contributed by atoms with E-state index in [0.717, 1.165) is 12.8 Å². The van der Waals surface area contributed by atoms with E-state index in [1.54, 1.807) is 0 Å². The fraction of sp³-hybridized carbons (Fsp3) is 0.556. The Morgan fingerprint density at radius 3 is 2.55 bits per heavy atom. The highest BCUT2D eigenvalue weighted by molar-refractivity contribution is 9.10. The van der Waals surface area contributed by atoms with Crippen LogP contribution in [-0.2, 0) is 4.79 Å². The SMILES string of the molecule is C=C=C(CCC)C(=O)C(C)Br. The summed E-state index contributed by atoms with van der Waals surface area (Å²) in [6.45, 7) is 7.33. The monoisotopic (exact) mass is 216 g/mol. The van der Waals surface area contributed by atoms with Crippen molar-refractivity contribution in [2.45, 2.75) is 31.5 Å². The maximum atomic E-state index is 11.3. The van der Waals surface area contributed by atoms with Crippen LogP contribution in [0.3, 0.4) is 0 Å². The van der Waals surface area contributed by atoms with Gasteiger partial charge in [0, 0.05) is 5.57 Å². The molecule has 0 aromatic carbocycles. The van der Waals surface area contributed by atoms with Gasteiger partial charge in [-0.1, -0.05) is 35.9 Å². The number of halogens is 1. The summed E-state index contributed by atoms with van der Waals surface area (Å²) in [5.41, 5.74) is 3.38. The van der Waals surface area contributed by atoms with Gasteiger partial charge >= 0.3 is 0 Å². The number of alkyl halides is 1. The molecule has 1 nitrogen and oxygen atoms in total. The van der Waals surface area contributed by atoms with E-state index in [2.05, 4.69) is 28.2 Å². The topological polar surface area (TPSA) is 17.1 Å². The molecule has 0 N–H and O–H groups in total. The quantitative estimate of drug-likeness (QED) is 0.402. The van der Waals surface area contributed by atoms with Crippen molar-refractivity contribution in [3.05, 3.63) is 17.9 Å². The van der Waals surface area contributed by atoms with E-state index in [9.17, 15) is 4.79 Å². The molecule has 0 aromatic rings. The van der Waals surface area contributed by atoms with Crippen molar-refractivity contribution >= 4 is 21.7 Å². The largest absolute Gasteiger partial charge is 0.293 e. The van der Waals surface area contributed by atoms with Crippen LogP contribution in [0.25, 0.3) is 0 Å². The van der Waals surface area contributed by atoms with E-state index in [1.165, 1.54) is 0 Å². The van der Waals surface area contributed by atoms with Crippen molar-refractivity contribution in [2.24, 2.45) is 0 Å². The lowest BCUT2D eigenvalue weighted by Gasteiger charge is -2.02. The van der Waals surface area contributed by atoms with Crippen LogP contribution >= 0.6 is 15.9 Å². The van der Waals surface area contributed by atoms with Gasteiger partial charge in [-0.2, -0.15) is 0 Å². The van der Waals surface area contributed by atoms with Gasteiger partial charge in [-0.25, -0.2) is 0 Å². The summed E-state index contributed by atoms with van der Waals surface area (Å²) in [5, 5.41) is 0. The van der Waals surface area contributed by atoms with Crippen molar-refractivity contribution in [3.8, 4) is 0 Å². The first kappa shape index (κ1) is 10.7. The van der Waals surface area contributed by atoms with Crippen molar-refractivity contribution in [2.75, 3.05) is 0 Å². The van der Waals surface area contributed by atoms with Crippen molar-refractivity contribution in [1.82, 2.24) is 0 Å². The molecule has 0 bridgehead atoms. The van der Waals surface area contributed by atoms with Crippen molar-refractivity contribution < 1.29 is 4.79 Å². The van der Waals surface area contributed by atoms with Crippen LogP contribution in [0.15, 0.2) is 17.9 Å².